The van der Waals surface area contributed by atoms with Crippen molar-refractivity contribution >= 4 is 33.3 Å². The lowest BCUT2D eigenvalue weighted by Crippen LogP contribution is -2.12. The van der Waals surface area contributed by atoms with Crippen LogP contribution in [-0.4, -0.2) is 17.2 Å². The predicted molar refractivity (Wildman–Crippen MR) is 69.9 cm³/mol. The van der Waals surface area contributed by atoms with Gasteiger partial charge in [-0.1, -0.05) is 22.0 Å². The summed E-state index contributed by atoms with van der Waals surface area (Å²) in [6.07, 6.45) is 0. The molecule has 0 saturated heterocycles. The number of halogens is 2. The summed E-state index contributed by atoms with van der Waals surface area (Å²) in [5.74, 6) is 1.05. The molecule has 0 fully saturated rings. The summed E-state index contributed by atoms with van der Waals surface area (Å²) >= 11 is 9.07. The minimum atomic E-state index is -0.216. The van der Waals surface area contributed by atoms with E-state index in [0.29, 0.717) is 23.8 Å². The quantitative estimate of drug-likeness (QED) is 0.611. The van der Waals surface area contributed by atoms with Crippen molar-refractivity contribution in [2.45, 2.75) is 24.6 Å². The normalized spacial score (nSPS) is 12.2. The summed E-state index contributed by atoms with van der Waals surface area (Å²) in [6.45, 7) is 4.29. The first-order chi connectivity index (χ1) is 7.60. The molecule has 0 aliphatic rings. The van der Waals surface area contributed by atoms with Gasteiger partial charge in [-0.15, -0.1) is 11.6 Å². The summed E-state index contributed by atoms with van der Waals surface area (Å²) < 4.78 is 5.37. The summed E-state index contributed by atoms with van der Waals surface area (Å²) in [4.78, 5) is 11.7. The Morgan fingerprint density at radius 3 is 2.75 bits per heavy atom. The molecular weight excluding hydrogens is 291 g/mol. The largest absolute Gasteiger partial charge is 0.494 e. The van der Waals surface area contributed by atoms with Crippen LogP contribution in [0.5, 0.6) is 5.75 Å². The van der Waals surface area contributed by atoms with Crippen molar-refractivity contribution in [3.05, 3.63) is 29.3 Å². The topological polar surface area (TPSA) is 26.3 Å². The number of hydrogen-bond donors (Lipinski definition) is 0. The fourth-order valence-corrected chi connectivity index (χ4v) is 1.85. The minimum absolute atomic E-state index is 0.0252. The van der Waals surface area contributed by atoms with Gasteiger partial charge in [0.05, 0.1) is 11.4 Å². The van der Waals surface area contributed by atoms with Crippen molar-refractivity contribution in [2.75, 3.05) is 6.61 Å². The second kappa shape index (κ2) is 6.26. The van der Waals surface area contributed by atoms with Crippen LogP contribution in [-0.2, 0) is 5.88 Å². The zero-order valence-corrected chi connectivity index (χ0v) is 11.6. The van der Waals surface area contributed by atoms with Crippen LogP contribution >= 0.6 is 27.5 Å². The molecule has 1 aromatic rings. The Hall–Kier alpha value is -0.540. The Bertz CT molecular complexity index is 377. The molecule has 16 heavy (non-hydrogen) atoms. The van der Waals surface area contributed by atoms with E-state index in [2.05, 4.69) is 15.9 Å². The smallest absolute Gasteiger partial charge is 0.176 e. The number of rotatable bonds is 5. The monoisotopic (exact) mass is 304 g/mol. The van der Waals surface area contributed by atoms with Crippen molar-refractivity contribution in [1.29, 1.82) is 0 Å². The molecule has 1 unspecified atom stereocenters. The number of ether oxygens (including phenoxy) is 1. The molecule has 88 valence electrons. The molecule has 0 saturated carbocycles. The molecule has 0 aliphatic heterocycles. The molecule has 1 atom stereocenters. The van der Waals surface area contributed by atoms with Gasteiger partial charge >= 0.3 is 0 Å². The molecule has 1 rings (SSSR count). The highest BCUT2D eigenvalue weighted by Crippen LogP contribution is 2.22. The number of Topliss-reactive ketones (excluding diaryl/α,β-unsaturated/α-hetero) is 1. The number of carbonyl (C=O) groups is 1. The third-order valence-electron chi connectivity index (χ3n) is 2.16. The van der Waals surface area contributed by atoms with Crippen molar-refractivity contribution < 1.29 is 9.53 Å². The van der Waals surface area contributed by atoms with Gasteiger partial charge < -0.3 is 4.74 Å². The maximum absolute atomic E-state index is 11.9. The van der Waals surface area contributed by atoms with Crippen molar-refractivity contribution in [1.82, 2.24) is 0 Å². The van der Waals surface area contributed by atoms with Crippen LogP contribution < -0.4 is 4.74 Å². The first-order valence-electron chi connectivity index (χ1n) is 5.10. The Balaban J connectivity index is 3.11. The van der Waals surface area contributed by atoms with Crippen LogP contribution in [0.25, 0.3) is 0 Å². The second-order valence-corrected chi connectivity index (χ2v) is 5.01. The fourth-order valence-electron chi connectivity index (χ4n) is 1.37. The van der Waals surface area contributed by atoms with E-state index < -0.39 is 0 Å². The Kier molecular flexibility index (Phi) is 5.29. The molecule has 0 spiro atoms. The Morgan fingerprint density at radius 1 is 1.56 bits per heavy atom. The SMILES string of the molecule is CCOc1ccc(CCl)c(C(=O)C(C)Br)c1. The molecule has 4 heteroatoms. The van der Waals surface area contributed by atoms with Crippen molar-refractivity contribution in [2.24, 2.45) is 0 Å². The van der Waals surface area contributed by atoms with E-state index in [4.69, 9.17) is 16.3 Å². The van der Waals surface area contributed by atoms with Gasteiger partial charge in [0, 0.05) is 11.4 Å². The highest BCUT2D eigenvalue weighted by molar-refractivity contribution is 9.10. The van der Waals surface area contributed by atoms with Crippen LogP contribution in [0.2, 0.25) is 0 Å². The van der Waals surface area contributed by atoms with E-state index in [9.17, 15) is 4.79 Å². The summed E-state index contributed by atoms with van der Waals surface area (Å²) in [5.41, 5.74) is 1.46. The Labute approximate surface area is 109 Å². The number of carbonyl (C=O) groups excluding carboxylic acids is 1. The maximum atomic E-state index is 11.9. The predicted octanol–water partition coefficient (Wildman–Crippen LogP) is 3.79. The number of hydrogen-bond acceptors (Lipinski definition) is 2. The lowest BCUT2D eigenvalue weighted by Gasteiger charge is -2.10. The third-order valence-corrected chi connectivity index (χ3v) is 2.87. The van der Waals surface area contributed by atoms with Crippen LogP contribution in [0.15, 0.2) is 18.2 Å². The van der Waals surface area contributed by atoms with E-state index in [1.165, 1.54) is 0 Å². The zero-order chi connectivity index (χ0) is 12.1. The molecule has 0 aliphatic carbocycles. The zero-order valence-electron chi connectivity index (χ0n) is 9.30. The van der Waals surface area contributed by atoms with Crippen molar-refractivity contribution in [3.8, 4) is 5.75 Å². The summed E-state index contributed by atoms with van der Waals surface area (Å²) in [6, 6.07) is 5.42. The van der Waals surface area contributed by atoms with Gasteiger partial charge in [-0.3, -0.25) is 4.79 Å². The summed E-state index contributed by atoms with van der Waals surface area (Å²) in [5, 5.41) is 0. The van der Waals surface area contributed by atoms with Crippen molar-refractivity contribution in [3.63, 3.8) is 0 Å². The van der Waals surface area contributed by atoms with Gasteiger partial charge in [-0.25, -0.2) is 0 Å². The van der Waals surface area contributed by atoms with Gasteiger partial charge in [0.1, 0.15) is 5.75 Å². The lowest BCUT2D eigenvalue weighted by molar-refractivity contribution is 0.0994. The third kappa shape index (κ3) is 3.22. The van der Waals surface area contributed by atoms with Gasteiger partial charge in [-0.2, -0.15) is 0 Å². The number of benzene rings is 1. The molecule has 1 aromatic carbocycles. The summed E-state index contributed by atoms with van der Waals surface area (Å²) in [7, 11) is 0. The van der Waals surface area contributed by atoms with Gasteiger partial charge in [-0.05, 0) is 31.5 Å². The van der Waals surface area contributed by atoms with E-state index in [0.717, 1.165) is 5.56 Å². The Morgan fingerprint density at radius 2 is 2.25 bits per heavy atom. The van der Waals surface area contributed by atoms with Crippen LogP contribution in [0.3, 0.4) is 0 Å². The highest BCUT2D eigenvalue weighted by atomic mass is 79.9. The van der Waals surface area contributed by atoms with Gasteiger partial charge in [0.2, 0.25) is 0 Å². The van der Waals surface area contributed by atoms with Crippen LogP contribution in [0.4, 0.5) is 0 Å². The number of ketones is 1. The molecule has 0 amide bonds. The average molecular weight is 306 g/mol. The molecular formula is C12H14BrClO2. The van der Waals surface area contributed by atoms with Gasteiger partial charge in [0.15, 0.2) is 5.78 Å². The van der Waals surface area contributed by atoms with E-state index in [-0.39, 0.29) is 10.6 Å². The maximum Gasteiger partial charge on any atom is 0.176 e. The first kappa shape index (κ1) is 13.5. The van der Waals surface area contributed by atoms with Gasteiger partial charge in [0.25, 0.3) is 0 Å². The standard InChI is InChI=1S/C12H14BrClO2/c1-3-16-10-5-4-9(7-14)11(6-10)12(15)8(2)13/h4-6,8H,3,7H2,1-2H3. The molecule has 0 N–H and O–H groups in total. The highest BCUT2D eigenvalue weighted by Gasteiger charge is 2.16. The molecule has 2 nitrogen and oxygen atoms in total. The lowest BCUT2D eigenvalue weighted by atomic mass is 10.0. The molecule has 0 aromatic heterocycles. The van der Waals surface area contributed by atoms with Crippen LogP contribution in [0.1, 0.15) is 29.8 Å². The first-order valence-corrected chi connectivity index (χ1v) is 6.55. The molecule has 0 radical (unpaired) electrons. The van der Waals surface area contributed by atoms with Crippen LogP contribution in [0, 0.1) is 0 Å². The van der Waals surface area contributed by atoms with E-state index in [1.807, 2.05) is 19.1 Å². The minimum Gasteiger partial charge on any atom is -0.494 e. The second-order valence-electron chi connectivity index (χ2n) is 3.37. The average Bonchev–Trinajstić information content (AvgIpc) is 2.28. The van der Waals surface area contributed by atoms with E-state index in [1.54, 1.807) is 13.0 Å². The fraction of sp³-hybridized carbons (Fsp3) is 0.417. The van der Waals surface area contributed by atoms with E-state index >= 15 is 0 Å². The molecule has 0 bridgehead atoms. The number of alkyl halides is 2. The molecule has 0 heterocycles.